The molecule has 0 radical (unpaired) electrons. The summed E-state index contributed by atoms with van der Waals surface area (Å²) in [5, 5.41) is 5.31. The summed E-state index contributed by atoms with van der Waals surface area (Å²) in [6, 6.07) is 16.7. The Morgan fingerprint density at radius 1 is 1.06 bits per heavy atom. The summed E-state index contributed by atoms with van der Waals surface area (Å²) in [5.41, 5.74) is 2.03. The van der Waals surface area contributed by atoms with Crippen LogP contribution >= 0.6 is 23.1 Å². The molecule has 0 aliphatic heterocycles. The van der Waals surface area contributed by atoms with Crippen LogP contribution in [-0.4, -0.2) is 47.5 Å². The van der Waals surface area contributed by atoms with Crippen LogP contribution in [0.1, 0.15) is 26.6 Å². The largest absolute Gasteiger partial charge is 0.456 e. The van der Waals surface area contributed by atoms with Crippen molar-refractivity contribution in [3.63, 3.8) is 0 Å². The molecule has 0 fully saturated rings. The van der Waals surface area contributed by atoms with Crippen LogP contribution in [0.4, 0.5) is 0 Å². The van der Waals surface area contributed by atoms with Crippen LogP contribution in [0.15, 0.2) is 64.9 Å². The average molecular weight is 484 g/mol. The van der Waals surface area contributed by atoms with Gasteiger partial charge in [0.1, 0.15) is 11.6 Å². The van der Waals surface area contributed by atoms with E-state index < -0.39 is 5.97 Å². The highest BCUT2D eigenvalue weighted by atomic mass is 32.2. The molecule has 0 atom stereocenters. The third-order valence-corrected chi connectivity index (χ3v) is 6.51. The number of thiazole rings is 1. The Balaban J connectivity index is 1.49. The van der Waals surface area contributed by atoms with Crippen molar-refractivity contribution in [2.45, 2.75) is 24.5 Å². The van der Waals surface area contributed by atoms with Gasteiger partial charge >= 0.3 is 5.97 Å². The lowest BCUT2D eigenvalue weighted by Crippen LogP contribution is -2.24. The van der Waals surface area contributed by atoms with Crippen molar-refractivity contribution in [3.8, 4) is 0 Å². The molecule has 33 heavy (non-hydrogen) atoms. The molecule has 0 aliphatic carbocycles. The van der Waals surface area contributed by atoms with Crippen LogP contribution in [-0.2, 0) is 33.9 Å². The van der Waals surface area contributed by atoms with Crippen LogP contribution in [0.5, 0.6) is 0 Å². The third kappa shape index (κ3) is 7.73. The predicted octanol–water partition coefficient (Wildman–Crippen LogP) is 3.54. The summed E-state index contributed by atoms with van der Waals surface area (Å²) >= 11 is 2.65. The van der Waals surface area contributed by atoms with Gasteiger partial charge in [-0.2, -0.15) is 0 Å². The van der Waals surface area contributed by atoms with E-state index in [1.54, 1.807) is 37.7 Å². The summed E-state index contributed by atoms with van der Waals surface area (Å²) < 4.78 is 5.43. The number of nitrogens with zero attached hydrogens (tertiary/aromatic N) is 2. The molecule has 0 unspecified atom stereocenters. The Morgan fingerprint density at radius 2 is 1.79 bits per heavy atom. The number of nitrogens with one attached hydrogen (secondary N) is 1. The Labute approximate surface area is 201 Å². The number of carbonyl (C=O) groups excluding carboxylic acids is 3. The molecule has 3 rings (SSSR count). The molecule has 1 N–H and O–H groups in total. The smallest absolute Gasteiger partial charge is 0.339 e. The van der Waals surface area contributed by atoms with E-state index in [2.05, 4.69) is 10.3 Å². The summed E-state index contributed by atoms with van der Waals surface area (Å²) in [7, 11) is 3.39. The first-order valence-corrected chi connectivity index (χ1v) is 12.1. The van der Waals surface area contributed by atoms with E-state index in [4.69, 9.17) is 4.74 Å². The number of esters is 1. The fourth-order valence-corrected chi connectivity index (χ4v) is 4.54. The van der Waals surface area contributed by atoms with Gasteiger partial charge < -0.3 is 15.0 Å². The molecular formula is C24H25N3O4S2. The molecule has 1 aromatic heterocycles. The van der Waals surface area contributed by atoms with E-state index in [1.165, 1.54) is 28.0 Å². The topological polar surface area (TPSA) is 88.6 Å². The fraction of sp³-hybridized carbons (Fsp3) is 0.250. The van der Waals surface area contributed by atoms with E-state index in [0.717, 1.165) is 5.56 Å². The van der Waals surface area contributed by atoms with Crippen LogP contribution in [0, 0.1) is 0 Å². The molecule has 2 aromatic carbocycles. The minimum absolute atomic E-state index is 0.0105. The number of ether oxygens (including phenoxy) is 1. The number of carbonyl (C=O) groups is 3. The highest BCUT2D eigenvalue weighted by Gasteiger charge is 2.16. The van der Waals surface area contributed by atoms with Crippen molar-refractivity contribution in [2.24, 2.45) is 0 Å². The van der Waals surface area contributed by atoms with Gasteiger partial charge in [-0.15, -0.1) is 23.1 Å². The fourth-order valence-electron chi connectivity index (χ4n) is 2.74. The molecule has 0 spiro atoms. The normalized spacial score (nSPS) is 10.5. The lowest BCUT2D eigenvalue weighted by molar-refractivity contribution is -0.126. The minimum Gasteiger partial charge on any atom is -0.456 e. The standard InChI is InChI=1S/C24H25N3O4S2/c1-27(2)23(29)16-32-20-11-7-6-10-19(20)24(30)31-14-18-15-33-22(26-18)12-21(28)25-13-17-8-4-3-5-9-17/h3-11,15H,12-14,16H2,1-2H3,(H,25,28). The van der Waals surface area contributed by atoms with Gasteiger partial charge in [-0.3, -0.25) is 9.59 Å². The zero-order chi connectivity index (χ0) is 23.6. The number of benzene rings is 2. The maximum atomic E-state index is 12.6. The van der Waals surface area contributed by atoms with Gasteiger partial charge in [0.05, 0.1) is 23.4 Å². The first-order chi connectivity index (χ1) is 15.9. The number of hydrogen-bond donors (Lipinski definition) is 1. The van der Waals surface area contributed by atoms with Gasteiger partial charge in [0.2, 0.25) is 11.8 Å². The maximum absolute atomic E-state index is 12.6. The lowest BCUT2D eigenvalue weighted by atomic mass is 10.2. The Morgan fingerprint density at radius 3 is 2.55 bits per heavy atom. The molecular weight excluding hydrogens is 458 g/mol. The second-order valence-electron chi connectivity index (χ2n) is 7.32. The van der Waals surface area contributed by atoms with Crippen LogP contribution in [0.3, 0.4) is 0 Å². The second kappa shape index (κ2) is 12.2. The number of aromatic nitrogens is 1. The van der Waals surface area contributed by atoms with Crippen molar-refractivity contribution in [1.82, 2.24) is 15.2 Å². The molecule has 0 aliphatic rings. The number of thioether (sulfide) groups is 1. The SMILES string of the molecule is CN(C)C(=O)CSc1ccccc1C(=O)OCc1csc(CC(=O)NCc2ccccc2)n1. The van der Waals surface area contributed by atoms with Crippen molar-refractivity contribution < 1.29 is 19.1 Å². The Hall–Kier alpha value is -3.17. The van der Waals surface area contributed by atoms with Gasteiger partial charge in [0.25, 0.3) is 0 Å². The average Bonchev–Trinajstić information content (AvgIpc) is 3.27. The molecule has 2 amide bonds. The summed E-state index contributed by atoms with van der Waals surface area (Å²) in [6.45, 7) is 0.476. The summed E-state index contributed by atoms with van der Waals surface area (Å²) in [6.07, 6.45) is 0.171. The summed E-state index contributed by atoms with van der Waals surface area (Å²) in [5.74, 6) is -0.398. The van der Waals surface area contributed by atoms with Gasteiger partial charge in [0.15, 0.2) is 0 Å². The molecule has 3 aromatic rings. The van der Waals surface area contributed by atoms with Crippen molar-refractivity contribution in [2.75, 3.05) is 19.8 Å². The molecule has 7 nitrogen and oxygen atoms in total. The summed E-state index contributed by atoms with van der Waals surface area (Å²) in [4.78, 5) is 43.2. The number of amides is 2. The van der Waals surface area contributed by atoms with E-state index in [-0.39, 0.29) is 30.6 Å². The molecule has 0 saturated carbocycles. The predicted molar refractivity (Wildman–Crippen MR) is 129 cm³/mol. The van der Waals surface area contributed by atoms with Crippen molar-refractivity contribution >= 4 is 40.9 Å². The molecule has 9 heteroatoms. The molecule has 1 heterocycles. The molecule has 0 bridgehead atoms. The Bertz CT molecular complexity index is 1100. The first kappa shape index (κ1) is 24.5. The van der Waals surface area contributed by atoms with E-state index in [1.807, 2.05) is 36.4 Å². The number of hydrogen-bond acceptors (Lipinski definition) is 7. The third-order valence-electron chi connectivity index (χ3n) is 4.55. The van der Waals surface area contributed by atoms with Crippen LogP contribution in [0.2, 0.25) is 0 Å². The van der Waals surface area contributed by atoms with E-state index in [9.17, 15) is 14.4 Å². The Kier molecular flexibility index (Phi) is 9.03. The second-order valence-corrected chi connectivity index (χ2v) is 9.28. The molecule has 172 valence electrons. The highest BCUT2D eigenvalue weighted by Crippen LogP contribution is 2.24. The van der Waals surface area contributed by atoms with Crippen molar-refractivity contribution in [3.05, 3.63) is 81.8 Å². The monoisotopic (exact) mass is 483 g/mol. The lowest BCUT2D eigenvalue weighted by Gasteiger charge is -2.11. The van der Waals surface area contributed by atoms with Gasteiger partial charge in [-0.05, 0) is 17.7 Å². The van der Waals surface area contributed by atoms with Gasteiger partial charge in [-0.1, -0.05) is 42.5 Å². The first-order valence-electron chi connectivity index (χ1n) is 10.3. The maximum Gasteiger partial charge on any atom is 0.339 e. The minimum atomic E-state index is -0.481. The zero-order valence-corrected chi connectivity index (χ0v) is 20.1. The highest BCUT2D eigenvalue weighted by molar-refractivity contribution is 8.00. The van der Waals surface area contributed by atoms with E-state index >= 15 is 0 Å². The molecule has 0 saturated heterocycles. The van der Waals surface area contributed by atoms with Crippen molar-refractivity contribution in [1.29, 1.82) is 0 Å². The quantitative estimate of drug-likeness (QED) is 0.351. The zero-order valence-electron chi connectivity index (χ0n) is 18.4. The van der Waals surface area contributed by atoms with Gasteiger partial charge in [0, 0.05) is 30.9 Å². The van der Waals surface area contributed by atoms with Crippen LogP contribution < -0.4 is 5.32 Å². The van der Waals surface area contributed by atoms with E-state index in [0.29, 0.717) is 27.7 Å². The van der Waals surface area contributed by atoms with Gasteiger partial charge in [-0.25, -0.2) is 9.78 Å². The number of rotatable bonds is 10. The van der Waals surface area contributed by atoms with Crippen LogP contribution in [0.25, 0.3) is 0 Å².